The summed E-state index contributed by atoms with van der Waals surface area (Å²) in [5, 5.41) is 3.24. The molecule has 0 fully saturated rings. The molecule has 0 atom stereocenters. The van der Waals surface area contributed by atoms with Crippen molar-refractivity contribution in [2.75, 3.05) is 19.4 Å². The Kier molecular flexibility index (Phi) is 5.03. The summed E-state index contributed by atoms with van der Waals surface area (Å²) in [6, 6.07) is 7.86. The van der Waals surface area contributed by atoms with Crippen LogP contribution in [-0.2, 0) is 11.3 Å². The van der Waals surface area contributed by atoms with E-state index in [0.717, 1.165) is 16.9 Å². The Morgan fingerprint density at radius 1 is 1.19 bits per heavy atom. The number of carbonyl (C=O) groups is 2. The monoisotopic (exact) mass is 371 g/mol. The number of hydrogen-bond acceptors (Lipinski definition) is 5. The lowest BCUT2D eigenvalue weighted by atomic mass is 10.3. The fraction of sp³-hybridized carbons (Fsp3) is 0.333. The number of aryl methyl sites for hydroxylation is 3. The zero-order valence-corrected chi connectivity index (χ0v) is 16.1. The van der Waals surface area contributed by atoms with E-state index in [0.29, 0.717) is 28.7 Å². The molecule has 2 aromatic heterocycles. The maximum atomic E-state index is 12.3. The molecular weight excluding hydrogens is 350 g/mol. The molecule has 0 bridgehead atoms. The van der Waals surface area contributed by atoms with Crippen LogP contribution < -0.4 is 5.32 Å². The number of benzene rings is 1. The first-order chi connectivity index (χ1) is 12.4. The van der Waals surface area contributed by atoms with E-state index >= 15 is 0 Å². The Labute approximate surface area is 155 Å². The van der Waals surface area contributed by atoms with Gasteiger partial charge in [-0.15, -0.1) is 0 Å². The summed E-state index contributed by atoms with van der Waals surface area (Å²) in [5.41, 5.74) is 2.56. The number of carbonyl (C=O) groups excluding carboxylic acids is 2. The van der Waals surface area contributed by atoms with E-state index in [1.807, 2.05) is 35.8 Å². The van der Waals surface area contributed by atoms with E-state index in [2.05, 4.69) is 15.3 Å². The minimum absolute atomic E-state index is 0.110. The lowest BCUT2D eigenvalue weighted by Crippen LogP contribution is -2.21. The maximum Gasteiger partial charge on any atom is 0.265 e. The third-order valence-corrected chi connectivity index (χ3v) is 5.11. The van der Waals surface area contributed by atoms with Crippen molar-refractivity contribution in [1.82, 2.24) is 19.4 Å². The third-order valence-electron chi connectivity index (χ3n) is 4.05. The summed E-state index contributed by atoms with van der Waals surface area (Å²) < 4.78 is 2.03. The van der Waals surface area contributed by atoms with Gasteiger partial charge in [-0.05, 0) is 26.0 Å². The first-order valence-electron chi connectivity index (χ1n) is 8.27. The molecule has 0 saturated heterocycles. The fourth-order valence-electron chi connectivity index (χ4n) is 2.72. The molecule has 0 aliphatic heterocycles. The second kappa shape index (κ2) is 7.25. The van der Waals surface area contributed by atoms with Gasteiger partial charge in [0.1, 0.15) is 10.7 Å². The number of nitrogens with zero attached hydrogens (tertiary/aromatic N) is 4. The lowest BCUT2D eigenvalue weighted by Gasteiger charge is -2.08. The van der Waals surface area contributed by atoms with Gasteiger partial charge in [0, 0.05) is 27.1 Å². The third kappa shape index (κ3) is 3.60. The number of nitrogens with one attached hydrogen (secondary N) is 1. The second-order valence-corrected chi connectivity index (χ2v) is 7.23. The van der Waals surface area contributed by atoms with Gasteiger partial charge in [-0.3, -0.25) is 9.59 Å². The molecule has 0 radical (unpaired) electrons. The Morgan fingerprint density at radius 3 is 2.65 bits per heavy atom. The van der Waals surface area contributed by atoms with E-state index < -0.39 is 0 Å². The molecular formula is C18H21N5O2S. The molecule has 8 heteroatoms. The Hall–Kier alpha value is -2.74. The molecule has 136 valence electrons. The summed E-state index contributed by atoms with van der Waals surface area (Å²) in [6.07, 6.45) is 0.302. The van der Waals surface area contributed by atoms with E-state index in [1.165, 1.54) is 16.2 Å². The Bertz CT molecular complexity index is 973. The van der Waals surface area contributed by atoms with Crippen LogP contribution in [0.4, 0.5) is 5.13 Å². The number of aromatic nitrogens is 3. The van der Waals surface area contributed by atoms with Gasteiger partial charge >= 0.3 is 0 Å². The Morgan fingerprint density at radius 2 is 1.92 bits per heavy atom. The van der Waals surface area contributed by atoms with Crippen molar-refractivity contribution >= 4 is 39.3 Å². The first kappa shape index (κ1) is 18.1. The highest BCUT2D eigenvalue weighted by Gasteiger charge is 2.18. The van der Waals surface area contributed by atoms with E-state index in [-0.39, 0.29) is 11.8 Å². The zero-order chi connectivity index (χ0) is 18.8. The van der Waals surface area contributed by atoms with Gasteiger partial charge in [0.25, 0.3) is 5.91 Å². The summed E-state index contributed by atoms with van der Waals surface area (Å²) in [4.78, 5) is 35.2. The van der Waals surface area contributed by atoms with Crippen molar-refractivity contribution in [3.05, 3.63) is 40.7 Å². The van der Waals surface area contributed by atoms with Crippen LogP contribution in [0.25, 0.3) is 11.0 Å². The highest BCUT2D eigenvalue weighted by Crippen LogP contribution is 2.24. The number of rotatable bonds is 5. The molecule has 7 nitrogen and oxygen atoms in total. The minimum atomic E-state index is -0.139. The van der Waals surface area contributed by atoms with Crippen molar-refractivity contribution in [2.24, 2.45) is 0 Å². The zero-order valence-electron chi connectivity index (χ0n) is 15.2. The predicted octanol–water partition coefficient (Wildman–Crippen LogP) is 2.84. The Balaban J connectivity index is 1.67. The van der Waals surface area contributed by atoms with E-state index in [9.17, 15) is 9.59 Å². The van der Waals surface area contributed by atoms with Crippen molar-refractivity contribution in [3.63, 3.8) is 0 Å². The fourth-order valence-corrected chi connectivity index (χ4v) is 3.73. The highest BCUT2D eigenvalue weighted by atomic mass is 32.1. The molecule has 0 aliphatic carbocycles. The summed E-state index contributed by atoms with van der Waals surface area (Å²) in [5.74, 6) is 0.628. The highest BCUT2D eigenvalue weighted by molar-refractivity contribution is 7.17. The number of hydrogen-bond donors (Lipinski definition) is 1. The number of para-hydroxylation sites is 2. The van der Waals surface area contributed by atoms with Crippen molar-refractivity contribution in [1.29, 1.82) is 0 Å². The molecule has 0 unspecified atom stereocenters. The van der Waals surface area contributed by atoms with Gasteiger partial charge in [0.05, 0.1) is 16.7 Å². The molecule has 1 aromatic carbocycles. The van der Waals surface area contributed by atoms with Crippen LogP contribution in [-0.4, -0.2) is 45.3 Å². The number of fused-ring (bicyclic) bond motifs is 1. The molecule has 3 rings (SSSR count). The van der Waals surface area contributed by atoms with Crippen LogP contribution in [0.3, 0.4) is 0 Å². The van der Waals surface area contributed by atoms with Crippen LogP contribution in [0, 0.1) is 13.8 Å². The number of imidazole rings is 1. The van der Waals surface area contributed by atoms with Gasteiger partial charge in [-0.25, -0.2) is 9.97 Å². The quantitative estimate of drug-likeness (QED) is 0.748. The van der Waals surface area contributed by atoms with Crippen LogP contribution in [0.5, 0.6) is 0 Å². The van der Waals surface area contributed by atoms with Crippen LogP contribution in [0.15, 0.2) is 24.3 Å². The van der Waals surface area contributed by atoms with Gasteiger partial charge in [-0.2, -0.15) is 0 Å². The molecule has 2 amide bonds. The molecule has 1 N–H and O–H groups in total. The summed E-state index contributed by atoms with van der Waals surface area (Å²) in [6.45, 7) is 4.23. The van der Waals surface area contributed by atoms with Gasteiger partial charge in [0.15, 0.2) is 5.13 Å². The average Bonchev–Trinajstić information content (AvgIpc) is 3.11. The molecule has 3 aromatic rings. The number of amides is 2. The summed E-state index contributed by atoms with van der Waals surface area (Å²) in [7, 11) is 3.38. The molecule has 0 saturated carbocycles. The van der Waals surface area contributed by atoms with Crippen LogP contribution >= 0.6 is 11.3 Å². The van der Waals surface area contributed by atoms with Gasteiger partial charge in [-0.1, -0.05) is 23.5 Å². The van der Waals surface area contributed by atoms with Crippen LogP contribution in [0.2, 0.25) is 0 Å². The molecule has 2 heterocycles. The SMILES string of the molecule is Cc1nc(NC(=O)CCn2c(C)nc3ccccc32)sc1C(=O)N(C)C. The first-order valence-corrected chi connectivity index (χ1v) is 9.09. The second-order valence-electron chi connectivity index (χ2n) is 6.23. The van der Waals surface area contributed by atoms with Crippen molar-refractivity contribution in [2.45, 2.75) is 26.8 Å². The molecule has 0 aliphatic rings. The van der Waals surface area contributed by atoms with Gasteiger partial charge < -0.3 is 14.8 Å². The minimum Gasteiger partial charge on any atom is -0.344 e. The average molecular weight is 371 g/mol. The smallest absolute Gasteiger partial charge is 0.265 e. The van der Waals surface area contributed by atoms with Crippen molar-refractivity contribution < 1.29 is 9.59 Å². The molecule has 0 spiro atoms. The van der Waals surface area contributed by atoms with Crippen LogP contribution in [0.1, 0.15) is 27.6 Å². The molecule has 26 heavy (non-hydrogen) atoms. The number of thiazole rings is 1. The predicted molar refractivity (Wildman–Crippen MR) is 103 cm³/mol. The summed E-state index contributed by atoms with van der Waals surface area (Å²) >= 11 is 1.20. The maximum absolute atomic E-state index is 12.3. The lowest BCUT2D eigenvalue weighted by molar-refractivity contribution is -0.116. The van der Waals surface area contributed by atoms with Crippen molar-refractivity contribution in [3.8, 4) is 0 Å². The normalized spacial score (nSPS) is 10.9. The standard InChI is InChI=1S/C18H21N5O2S/c1-11-16(17(25)22(3)4)26-18(19-11)21-15(24)9-10-23-12(2)20-13-7-5-6-8-14(13)23/h5-8H,9-10H2,1-4H3,(H,19,21,24). The van der Waals surface area contributed by atoms with E-state index in [1.54, 1.807) is 21.0 Å². The van der Waals surface area contributed by atoms with Gasteiger partial charge in [0.2, 0.25) is 5.91 Å². The number of anilines is 1. The topological polar surface area (TPSA) is 80.1 Å². The van der Waals surface area contributed by atoms with E-state index in [4.69, 9.17) is 0 Å². The largest absolute Gasteiger partial charge is 0.344 e.